The number of hydrogen-bond donors (Lipinski definition) is 1. The normalized spacial score (nSPS) is 14.2. The van der Waals surface area contributed by atoms with Crippen molar-refractivity contribution in [3.8, 4) is 0 Å². The van der Waals surface area contributed by atoms with Gasteiger partial charge in [0.1, 0.15) is 9.84 Å². The molecule has 0 spiro atoms. The second-order valence-corrected chi connectivity index (χ2v) is 6.36. The molecule has 0 aliphatic rings. The third kappa shape index (κ3) is 6.98. The van der Waals surface area contributed by atoms with Gasteiger partial charge in [0.25, 0.3) is 0 Å². The molecule has 0 aromatic carbocycles. The summed E-state index contributed by atoms with van der Waals surface area (Å²) in [4.78, 5) is 0. The number of sulfone groups is 1. The Balaban J connectivity index is 4.17. The first-order valence-electron chi connectivity index (χ1n) is 6.00. The molecule has 5 nitrogen and oxygen atoms in total. The van der Waals surface area contributed by atoms with E-state index in [4.69, 9.17) is 9.47 Å². The lowest BCUT2D eigenvalue weighted by molar-refractivity contribution is -0.123. The third-order valence-electron chi connectivity index (χ3n) is 2.67. The molecule has 1 N–H and O–H groups in total. The van der Waals surface area contributed by atoms with E-state index >= 15 is 0 Å². The summed E-state index contributed by atoms with van der Waals surface area (Å²) < 4.78 is 33.1. The number of ether oxygens (including phenoxy) is 2. The fourth-order valence-corrected chi connectivity index (χ4v) is 2.58. The molecule has 0 bridgehead atoms. The molecular weight excluding hydrogens is 242 g/mol. The monoisotopic (exact) mass is 267 g/mol. The number of nitrogens with one attached hydrogen (secondary N) is 1. The Morgan fingerprint density at radius 1 is 1.18 bits per heavy atom. The highest BCUT2D eigenvalue weighted by molar-refractivity contribution is 7.91. The summed E-state index contributed by atoms with van der Waals surface area (Å²) in [7, 11) is 0.291. The van der Waals surface area contributed by atoms with Crippen molar-refractivity contribution in [2.75, 3.05) is 32.3 Å². The van der Waals surface area contributed by atoms with Crippen molar-refractivity contribution in [1.82, 2.24) is 5.32 Å². The number of hydrogen-bond acceptors (Lipinski definition) is 5. The van der Waals surface area contributed by atoms with Crippen LogP contribution in [-0.4, -0.2) is 53.0 Å². The molecule has 17 heavy (non-hydrogen) atoms. The lowest BCUT2D eigenvalue weighted by atomic mass is 10.1. The van der Waals surface area contributed by atoms with Gasteiger partial charge in [0.15, 0.2) is 6.29 Å². The van der Waals surface area contributed by atoms with E-state index in [1.165, 1.54) is 0 Å². The first-order valence-corrected chi connectivity index (χ1v) is 7.82. The molecule has 1 unspecified atom stereocenters. The lowest BCUT2D eigenvalue weighted by Gasteiger charge is -2.25. The van der Waals surface area contributed by atoms with Crippen molar-refractivity contribution in [3.05, 3.63) is 0 Å². The van der Waals surface area contributed by atoms with Crippen molar-refractivity contribution in [3.63, 3.8) is 0 Å². The van der Waals surface area contributed by atoms with Gasteiger partial charge in [0.2, 0.25) is 0 Å². The highest BCUT2D eigenvalue weighted by atomic mass is 32.2. The van der Waals surface area contributed by atoms with Crippen LogP contribution in [0.5, 0.6) is 0 Å². The van der Waals surface area contributed by atoms with Gasteiger partial charge in [-0.3, -0.25) is 0 Å². The van der Waals surface area contributed by atoms with Crippen LogP contribution in [0.1, 0.15) is 26.7 Å². The minimum absolute atomic E-state index is 0.0297. The molecule has 0 saturated heterocycles. The summed E-state index contributed by atoms with van der Waals surface area (Å²) in [6.45, 7) is 4.47. The lowest BCUT2D eigenvalue weighted by Crippen LogP contribution is -2.42. The topological polar surface area (TPSA) is 64.6 Å². The average Bonchev–Trinajstić information content (AvgIpc) is 2.30. The summed E-state index contributed by atoms with van der Waals surface area (Å²) in [6.07, 6.45) is 1.01. The van der Waals surface area contributed by atoms with Gasteiger partial charge in [-0.2, -0.15) is 0 Å². The Kier molecular flexibility index (Phi) is 8.77. The average molecular weight is 267 g/mol. The van der Waals surface area contributed by atoms with E-state index in [0.29, 0.717) is 6.42 Å². The molecule has 6 heteroatoms. The van der Waals surface area contributed by atoms with Gasteiger partial charge in [0.05, 0.1) is 11.8 Å². The van der Waals surface area contributed by atoms with Gasteiger partial charge >= 0.3 is 0 Å². The zero-order valence-corrected chi connectivity index (χ0v) is 12.0. The number of rotatable bonds is 10. The summed E-state index contributed by atoms with van der Waals surface area (Å²) in [5.74, 6) is 0.433. The van der Waals surface area contributed by atoms with Crippen molar-refractivity contribution < 1.29 is 17.9 Å². The van der Waals surface area contributed by atoms with Gasteiger partial charge in [-0.05, 0) is 19.4 Å². The van der Waals surface area contributed by atoms with E-state index in [-0.39, 0.29) is 23.8 Å². The van der Waals surface area contributed by atoms with Gasteiger partial charge in [-0.15, -0.1) is 0 Å². The van der Waals surface area contributed by atoms with Crippen molar-refractivity contribution >= 4 is 9.84 Å². The van der Waals surface area contributed by atoms with Crippen molar-refractivity contribution in [1.29, 1.82) is 0 Å². The molecule has 0 saturated carbocycles. The highest BCUT2D eigenvalue weighted by Gasteiger charge is 2.20. The van der Waals surface area contributed by atoms with Crippen molar-refractivity contribution in [2.24, 2.45) is 0 Å². The molecule has 0 rings (SSSR count). The molecule has 0 aliphatic carbocycles. The molecule has 0 aliphatic heterocycles. The molecule has 0 aromatic rings. The first-order chi connectivity index (χ1) is 8.00. The van der Waals surface area contributed by atoms with Gasteiger partial charge in [0, 0.05) is 20.0 Å². The molecule has 104 valence electrons. The molecule has 1 atom stereocenters. The quantitative estimate of drug-likeness (QED) is 0.593. The molecule has 0 heterocycles. The van der Waals surface area contributed by atoms with E-state index in [0.717, 1.165) is 13.0 Å². The predicted octanol–water partition coefficient (Wildman–Crippen LogP) is 0.798. The molecule has 0 amide bonds. The maximum Gasteiger partial charge on any atom is 0.171 e. The molecular formula is C11H25NO4S. The second-order valence-electron chi connectivity index (χ2n) is 3.88. The number of methoxy groups -OCH3 is 2. The first kappa shape index (κ1) is 16.8. The highest BCUT2D eigenvalue weighted by Crippen LogP contribution is 2.08. The Morgan fingerprint density at radius 2 is 1.76 bits per heavy atom. The van der Waals surface area contributed by atoms with Crippen LogP contribution < -0.4 is 5.32 Å². The van der Waals surface area contributed by atoms with Crippen LogP contribution in [0.2, 0.25) is 0 Å². The van der Waals surface area contributed by atoms with Gasteiger partial charge < -0.3 is 14.8 Å². The Morgan fingerprint density at radius 3 is 2.18 bits per heavy atom. The minimum atomic E-state index is -2.88. The minimum Gasteiger partial charge on any atom is -0.354 e. The maximum atomic E-state index is 11.4. The molecule has 0 radical (unpaired) electrons. The Hall–Kier alpha value is -0.170. The van der Waals surface area contributed by atoms with Crippen LogP contribution >= 0.6 is 0 Å². The van der Waals surface area contributed by atoms with Crippen molar-refractivity contribution in [2.45, 2.75) is 39.0 Å². The SMILES string of the molecule is CCNC(CCCS(=O)(=O)CC)C(OC)OC. The predicted molar refractivity (Wildman–Crippen MR) is 68.8 cm³/mol. The molecule has 0 aromatic heterocycles. The number of likely N-dealkylation sites (N-methyl/N-ethyl adjacent to an activating group) is 1. The second kappa shape index (κ2) is 8.85. The van der Waals surface area contributed by atoms with Crippen LogP contribution in [0, 0.1) is 0 Å². The largest absolute Gasteiger partial charge is 0.354 e. The fourth-order valence-electron chi connectivity index (χ4n) is 1.69. The van der Waals surface area contributed by atoms with E-state index in [9.17, 15) is 8.42 Å². The van der Waals surface area contributed by atoms with E-state index in [1.54, 1.807) is 21.1 Å². The zero-order valence-electron chi connectivity index (χ0n) is 11.2. The summed E-state index contributed by atoms with van der Waals surface area (Å²) in [5, 5.41) is 3.24. The van der Waals surface area contributed by atoms with E-state index in [1.807, 2.05) is 6.92 Å². The van der Waals surface area contributed by atoms with Crippen LogP contribution in [0.15, 0.2) is 0 Å². The standard InChI is InChI=1S/C11H25NO4S/c1-5-12-10(11(15-3)16-4)8-7-9-17(13,14)6-2/h10-12H,5-9H2,1-4H3. The Labute approximate surface area is 105 Å². The smallest absolute Gasteiger partial charge is 0.171 e. The van der Waals surface area contributed by atoms with Crippen LogP contribution in [0.3, 0.4) is 0 Å². The summed E-state index contributed by atoms with van der Waals surface area (Å²) in [6, 6.07) is 0.0297. The van der Waals surface area contributed by atoms with Crippen LogP contribution in [-0.2, 0) is 19.3 Å². The molecule has 0 fully saturated rings. The fraction of sp³-hybridized carbons (Fsp3) is 1.00. The van der Waals surface area contributed by atoms with E-state index in [2.05, 4.69) is 5.32 Å². The maximum absolute atomic E-state index is 11.4. The summed E-state index contributed by atoms with van der Waals surface area (Å²) in [5.41, 5.74) is 0. The summed E-state index contributed by atoms with van der Waals surface area (Å²) >= 11 is 0. The van der Waals surface area contributed by atoms with Gasteiger partial charge in [-0.1, -0.05) is 13.8 Å². The van der Waals surface area contributed by atoms with E-state index < -0.39 is 9.84 Å². The Bertz CT molecular complexity index is 275. The zero-order chi connectivity index (χ0) is 13.3. The third-order valence-corrected chi connectivity index (χ3v) is 4.46. The van der Waals surface area contributed by atoms with Crippen LogP contribution in [0.25, 0.3) is 0 Å². The van der Waals surface area contributed by atoms with Gasteiger partial charge in [-0.25, -0.2) is 8.42 Å². The van der Waals surface area contributed by atoms with Crippen LogP contribution in [0.4, 0.5) is 0 Å².